The molecular formula is C21H18N2O6. The molecule has 0 fully saturated rings. The highest BCUT2D eigenvalue weighted by Crippen LogP contribution is 2.51. The van der Waals surface area contributed by atoms with Crippen molar-refractivity contribution in [1.82, 2.24) is 0 Å². The van der Waals surface area contributed by atoms with Gasteiger partial charge in [0.1, 0.15) is 0 Å². The van der Waals surface area contributed by atoms with Crippen molar-refractivity contribution in [2.24, 2.45) is 0 Å². The molecule has 2 atom stereocenters. The van der Waals surface area contributed by atoms with Crippen molar-refractivity contribution in [3.63, 3.8) is 0 Å². The van der Waals surface area contributed by atoms with Crippen LogP contribution in [0.1, 0.15) is 45.4 Å². The van der Waals surface area contributed by atoms with Gasteiger partial charge in [0, 0.05) is 12.0 Å². The molecule has 0 amide bonds. The molecule has 8 nitrogen and oxygen atoms in total. The van der Waals surface area contributed by atoms with Crippen molar-refractivity contribution in [1.29, 1.82) is 0 Å². The van der Waals surface area contributed by atoms with Crippen LogP contribution in [0.15, 0.2) is 35.9 Å². The number of nitrogens with zero attached hydrogens (tertiary/aromatic N) is 2. The third-order valence-electron chi connectivity index (χ3n) is 5.64. The normalized spacial score (nSPS) is 18.8. The van der Waals surface area contributed by atoms with E-state index >= 15 is 0 Å². The first-order valence-corrected chi connectivity index (χ1v) is 8.99. The molecule has 0 heterocycles. The van der Waals surface area contributed by atoms with Crippen molar-refractivity contribution in [2.75, 3.05) is 7.11 Å². The Hall–Kier alpha value is -3.68. The minimum absolute atomic E-state index is 0.131. The smallest absolute Gasteiger partial charge is 0.311 e. The SMILES string of the molecule is COc1cc2c(cc1[N+](=O)[O-])C=CC1C(=C2)C(O[N+](=O)[O-])c2c1ccc(C)c2C. The molecule has 0 aliphatic heterocycles. The summed E-state index contributed by atoms with van der Waals surface area (Å²) in [5.74, 6) is -0.0848. The predicted octanol–water partition coefficient (Wildman–Crippen LogP) is 4.68. The second kappa shape index (κ2) is 6.73. The van der Waals surface area contributed by atoms with E-state index in [2.05, 4.69) is 0 Å². The van der Waals surface area contributed by atoms with Crippen LogP contribution in [0.25, 0.3) is 12.2 Å². The molecular weight excluding hydrogens is 376 g/mol. The lowest BCUT2D eigenvalue weighted by Crippen LogP contribution is -2.10. The summed E-state index contributed by atoms with van der Waals surface area (Å²) >= 11 is 0. The summed E-state index contributed by atoms with van der Waals surface area (Å²) in [4.78, 5) is 27.2. The zero-order valence-electron chi connectivity index (χ0n) is 16.0. The molecule has 0 saturated carbocycles. The molecule has 2 aromatic carbocycles. The first kappa shape index (κ1) is 18.7. The minimum Gasteiger partial charge on any atom is -0.490 e. The number of allylic oxidation sites excluding steroid dienone is 1. The largest absolute Gasteiger partial charge is 0.490 e. The minimum atomic E-state index is -0.832. The maximum atomic E-state index is 11.3. The Bertz CT molecular complexity index is 1120. The highest BCUT2D eigenvalue weighted by atomic mass is 17.0. The second-order valence-corrected chi connectivity index (χ2v) is 7.11. The van der Waals surface area contributed by atoms with E-state index in [1.807, 2.05) is 44.2 Å². The molecule has 2 unspecified atom stereocenters. The fourth-order valence-corrected chi connectivity index (χ4v) is 4.12. The predicted molar refractivity (Wildman–Crippen MR) is 106 cm³/mol. The van der Waals surface area contributed by atoms with Crippen LogP contribution in [0.4, 0.5) is 5.69 Å². The maximum Gasteiger partial charge on any atom is 0.311 e. The van der Waals surface area contributed by atoms with E-state index in [0.717, 1.165) is 27.8 Å². The number of aryl methyl sites for hydroxylation is 1. The summed E-state index contributed by atoms with van der Waals surface area (Å²) in [5, 5.41) is 21.8. The number of methoxy groups -OCH3 is 1. The van der Waals surface area contributed by atoms with E-state index in [-0.39, 0.29) is 17.4 Å². The Morgan fingerprint density at radius 1 is 1.07 bits per heavy atom. The van der Waals surface area contributed by atoms with Crippen molar-refractivity contribution in [2.45, 2.75) is 25.9 Å². The van der Waals surface area contributed by atoms with Gasteiger partial charge in [-0.3, -0.25) is 10.1 Å². The Labute approximate surface area is 166 Å². The van der Waals surface area contributed by atoms with Crippen molar-refractivity contribution >= 4 is 17.8 Å². The zero-order chi connectivity index (χ0) is 20.9. The number of benzene rings is 2. The number of nitro groups is 1. The van der Waals surface area contributed by atoms with E-state index < -0.39 is 16.1 Å². The zero-order valence-corrected chi connectivity index (χ0v) is 16.0. The third kappa shape index (κ3) is 2.93. The van der Waals surface area contributed by atoms with Crippen LogP contribution in [0.5, 0.6) is 5.75 Å². The molecule has 0 bridgehead atoms. The topological polar surface area (TPSA) is 105 Å². The number of rotatable bonds is 4. The van der Waals surface area contributed by atoms with Crippen LogP contribution in [0, 0.1) is 34.1 Å². The van der Waals surface area contributed by atoms with Crippen molar-refractivity contribution in [3.05, 3.63) is 89.5 Å². The van der Waals surface area contributed by atoms with Crippen LogP contribution in [0.3, 0.4) is 0 Å². The van der Waals surface area contributed by atoms with E-state index in [4.69, 9.17) is 9.57 Å². The lowest BCUT2D eigenvalue weighted by atomic mass is 9.95. The Morgan fingerprint density at radius 3 is 2.48 bits per heavy atom. The first-order valence-electron chi connectivity index (χ1n) is 8.99. The molecule has 2 aliphatic carbocycles. The summed E-state index contributed by atoms with van der Waals surface area (Å²) in [7, 11) is 1.37. The molecule has 8 heteroatoms. The lowest BCUT2D eigenvalue weighted by Gasteiger charge is -2.15. The first-order chi connectivity index (χ1) is 13.8. The average Bonchev–Trinajstić information content (AvgIpc) is 2.83. The second-order valence-electron chi connectivity index (χ2n) is 7.11. The van der Waals surface area contributed by atoms with Gasteiger partial charge in [0.05, 0.1) is 12.0 Å². The molecule has 2 aliphatic rings. The molecule has 4 rings (SSSR count). The highest BCUT2D eigenvalue weighted by Gasteiger charge is 2.39. The number of fused-ring (bicyclic) bond motifs is 4. The maximum absolute atomic E-state index is 11.3. The Morgan fingerprint density at radius 2 is 1.83 bits per heavy atom. The molecule has 0 spiro atoms. The van der Waals surface area contributed by atoms with Gasteiger partial charge in [-0.15, -0.1) is 10.1 Å². The molecule has 29 heavy (non-hydrogen) atoms. The van der Waals surface area contributed by atoms with Gasteiger partial charge in [-0.05, 0) is 58.9 Å². The fraction of sp³-hybridized carbons (Fsp3) is 0.238. The highest BCUT2D eigenvalue weighted by molar-refractivity contribution is 5.78. The van der Waals surface area contributed by atoms with E-state index in [9.17, 15) is 20.2 Å². The summed E-state index contributed by atoms with van der Waals surface area (Å²) in [6.07, 6.45) is 4.70. The standard InChI is InChI=1S/C21H18N2O6/c1-11-4-6-16-15-7-5-13-9-18(22(24)25)19(28-3)10-14(13)8-17(15)21(29-23(26)27)20(16)12(11)2/h4-10,15,21H,1-3H3. The average molecular weight is 394 g/mol. The van der Waals surface area contributed by atoms with Crippen LogP contribution in [-0.2, 0) is 4.84 Å². The van der Waals surface area contributed by atoms with Gasteiger partial charge in [-0.25, -0.2) is 0 Å². The Kier molecular flexibility index (Phi) is 4.34. The molecule has 0 aromatic heterocycles. The number of ether oxygens (including phenoxy) is 1. The molecule has 148 valence electrons. The van der Waals surface area contributed by atoms with E-state index in [1.54, 1.807) is 6.07 Å². The van der Waals surface area contributed by atoms with Crippen LogP contribution >= 0.6 is 0 Å². The van der Waals surface area contributed by atoms with Gasteiger partial charge < -0.3 is 9.57 Å². The summed E-state index contributed by atoms with van der Waals surface area (Å²) in [5.41, 5.74) is 5.64. The van der Waals surface area contributed by atoms with E-state index in [0.29, 0.717) is 11.1 Å². The van der Waals surface area contributed by atoms with Gasteiger partial charge in [-0.2, -0.15) is 0 Å². The molecule has 0 N–H and O–H groups in total. The van der Waals surface area contributed by atoms with Gasteiger partial charge in [-0.1, -0.05) is 30.4 Å². The van der Waals surface area contributed by atoms with Gasteiger partial charge in [0.25, 0.3) is 5.09 Å². The number of hydrogen-bond acceptors (Lipinski definition) is 6. The monoisotopic (exact) mass is 394 g/mol. The molecule has 0 saturated heterocycles. The fourth-order valence-electron chi connectivity index (χ4n) is 4.12. The lowest BCUT2D eigenvalue weighted by molar-refractivity contribution is -0.768. The third-order valence-corrected chi connectivity index (χ3v) is 5.64. The van der Waals surface area contributed by atoms with E-state index in [1.165, 1.54) is 13.2 Å². The number of nitro benzene ring substituents is 1. The van der Waals surface area contributed by atoms with Crippen molar-refractivity contribution in [3.8, 4) is 5.75 Å². The van der Waals surface area contributed by atoms with Gasteiger partial charge >= 0.3 is 5.69 Å². The summed E-state index contributed by atoms with van der Waals surface area (Å²) < 4.78 is 5.18. The van der Waals surface area contributed by atoms with Crippen molar-refractivity contribution < 1.29 is 19.6 Å². The Balaban J connectivity index is 1.94. The molecule has 0 radical (unpaired) electrons. The molecule has 2 aromatic rings. The number of hydrogen-bond donors (Lipinski definition) is 0. The van der Waals surface area contributed by atoms with Crippen LogP contribution in [-0.4, -0.2) is 17.1 Å². The summed E-state index contributed by atoms with van der Waals surface area (Å²) in [6.45, 7) is 3.89. The van der Waals surface area contributed by atoms with Crippen LogP contribution < -0.4 is 4.74 Å². The van der Waals surface area contributed by atoms with Gasteiger partial charge in [0.2, 0.25) is 0 Å². The summed E-state index contributed by atoms with van der Waals surface area (Å²) in [6, 6.07) is 6.98. The van der Waals surface area contributed by atoms with Gasteiger partial charge in [0.15, 0.2) is 11.9 Å². The quantitative estimate of drug-likeness (QED) is 0.551. The van der Waals surface area contributed by atoms with Crippen LogP contribution in [0.2, 0.25) is 0 Å².